The third-order valence-electron chi connectivity index (χ3n) is 10.9. The highest BCUT2D eigenvalue weighted by molar-refractivity contribution is 8.13. The number of carbonyl (C=O) groups is 4. The summed E-state index contributed by atoms with van der Waals surface area (Å²) in [7, 11) is -16.5. The molecular weight excluding hydrogens is 1050 g/mol. The number of rotatable bonds is 37. The number of imidazole rings is 1. The van der Waals surface area contributed by atoms with E-state index in [0.717, 1.165) is 99.6 Å². The smallest absolute Gasteiger partial charge is 0.386 e. The van der Waals surface area contributed by atoms with Crippen LogP contribution in [0.4, 0.5) is 5.82 Å². The van der Waals surface area contributed by atoms with E-state index in [1.165, 1.54) is 13.8 Å². The fourth-order valence-corrected chi connectivity index (χ4v) is 10.5. The van der Waals surface area contributed by atoms with Crippen LogP contribution < -0.4 is 16.4 Å². The summed E-state index contributed by atoms with van der Waals surface area (Å²) in [6.07, 6.45) is 21.6. The van der Waals surface area contributed by atoms with Crippen LogP contribution in [0.5, 0.6) is 0 Å². The number of nitrogen functional groups attached to an aromatic ring is 1. The molecule has 1 saturated heterocycles. The molecule has 7 atom stereocenters. The number of aliphatic hydroxyl groups is 2. The summed E-state index contributed by atoms with van der Waals surface area (Å²) in [6.45, 7) is 2.44. The number of aromatic nitrogens is 4. The van der Waals surface area contributed by atoms with Crippen LogP contribution in [0.3, 0.4) is 0 Å². The number of phosphoric acid groups is 3. The maximum Gasteiger partial charge on any atom is 0.481 e. The van der Waals surface area contributed by atoms with Gasteiger partial charge in [0.1, 0.15) is 42.0 Å². The normalized spacial score (nSPS) is 19.7. The number of anilines is 1. The molecule has 1 fully saturated rings. The number of aliphatic hydroxyl groups excluding tert-OH is 2. The number of nitrogens with one attached hydrogen (secondary N) is 2. The van der Waals surface area contributed by atoms with E-state index < -0.39 is 84.6 Å². The third kappa shape index (κ3) is 24.9. The number of nitrogens with two attached hydrogens (primary N) is 1. The Bertz CT molecular complexity index is 2380. The minimum absolute atomic E-state index is 0.0245. The molecule has 2 aromatic rings. The predicted molar refractivity (Wildman–Crippen MR) is 274 cm³/mol. The van der Waals surface area contributed by atoms with Crippen molar-refractivity contribution in [3.63, 3.8) is 0 Å². The second-order valence-corrected chi connectivity index (χ2v) is 23.1. The van der Waals surface area contributed by atoms with E-state index in [1.807, 2.05) is 0 Å². The molecule has 2 amide bonds. The Morgan fingerprint density at radius 3 is 2.14 bits per heavy atom. The summed E-state index contributed by atoms with van der Waals surface area (Å²) < 4.78 is 62.5. The Hall–Kier alpha value is -3.81. The maximum atomic E-state index is 12.8. The zero-order valence-electron chi connectivity index (χ0n) is 41.8. The number of thioether (sulfide) groups is 1. The number of ketones is 1. The van der Waals surface area contributed by atoms with Gasteiger partial charge in [-0.05, 0) is 44.9 Å². The van der Waals surface area contributed by atoms with Crippen molar-refractivity contribution in [3.8, 4) is 0 Å². The van der Waals surface area contributed by atoms with Gasteiger partial charge in [0.25, 0.3) is 0 Å². The predicted octanol–water partition coefficient (Wildman–Crippen LogP) is 5.55. The van der Waals surface area contributed by atoms with Crippen LogP contribution in [0.2, 0.25) is 0 Å². The summed E-state index contributed by atoms with van der Waals surface area (Å²) in [4.78, 5) is 101. The van der Waals surface area contributed by atoms with E-state index in [4.69, 9.17) is 19.5 Å². The van der Waals surface area contributed by atoms with Gasteiger partial charge in [0, 0.05) is 37.1 Å². The first-order valence-electron chi connectivity index (χ1n) is 24.1. The molecular formula is C45H72N7O18P3S. The molecule has 0 saturated carbocycles. The number of Topliss-reactive ketones (excluding diaryl/α,β-unsaturated/α-hetero) is 1. The van der Waals surface area contributed by atoms with Crippen molar-refractivity contribution in [2.75, 3.05) is 37.8 Å². The van der Waals surface area contributed by atoms with Gasteiger partial charge in [0.15, 0.2) is 22.8 Å². The van der Waals surface area contributed by atoms with Crippen molar-refractivity contribution in [1.29, 1.82) is 0 Å². The molecule has 1 aliphatic rings. The largest absolute Gasteiger partial charge is 0.481 e. The molecule has 29 heteroatoms. The number of nitrogens with zero attached hydrogens (tertiary/aromatic N) is 4. The third-order valence-corrected chi connectivity index (χ3v) is 14.9. The Kier molecular flexibility index (Phi) is 28.5. The lowest BCUT2D eigenvalue weighted by atomic mass is 9.87. The summed E-state index contributed by atoms with van der Waals surface area (Å²) in [6, 6.07) is 0. The molecule has 0 spiro atoms. The summed E-state index contributed by atoms with van der Waals surface area (Å²) in [5.41, 5.74) is 4.24. The second kappa shape index (κ2) is 32.7. The molecule has 0 radical (unpaired) electrons. The van der Waals surface area contributed by atoms with E-state index in [9.17, 15) is 62.7 Å². The second-order valence-electron chi connectivity index (χ2n) is 17.7. The first kappa shape index (κ1) is 64.5. The average Bonchev–Trinajstić information content (AvgIpc) is 3.89. The van der Waals surface area contributed by atoms with E-state index in [-0.39, 0.29) is 59.6 Å². The summed E-state index contributed by atoms with van der Waals surface area (Å²) in [5, 5.41) is 26.2. The van der Waals surface area contributed by atoms with Gasteiger partial charge in [-0.1, -0.05) is 107 Å². The van der Waals surface area contributed by atoms with Gasteiger partial charge >= 0.3 is 23.5 Å². The van der Waals surface area contributed by atoms with Crippen molar-refractivity contribution in [2.24, 2.45) is 5.41 Å². The van der Waals surface area contributed by atoms with Gasteiger partial charge in [-0.15, -0.1) is 0 Å². The zero-order valence-corrected chi connectivity index (χ0v) is 45.3. The van der Waals surface area contributed by atoms with Crippen LogP contribution in [0.1, 0.15) is 117 Å². The van der Waals surface area contributed by atoms with E-state index in [2.05, 4.69) is 90.0 Å². The standard InChI is InChI=1S/C45H72N7O18P3S/c1-4-5-6-7-8-9-10-11-12-13-14-15-16-17-18-19-20-21-22-23-33(53)28-36(55)74-27-26-47-35(54)24-25-48-43(58)40(57)45(2,3)30-67-73(64,65)70-72(62,63)66-29-34-39(69-71(59,60)61)38(56)44(68-34)52-32-51-37-41(46)49-31-50-42(37)52/h5-6,8-9,11-12,14-15,31-32,34,38-40,44,56-57H,4,7,10,13,16-30H2,1-3H3,(H,47,54)(H,48,58)(H,62,63)(H,64,65)(H2,46,49,50)(H2,59,60,61)/b6-5-,9-8-,12-11-,15-14-/t34-,38-,39-,40+,44-/m1/s1. The fraction of sp³-hybridized carbons (Fsp3) is 0.622. The van der Waals surface area contributed by atoms with Gasteiger partial charge in [-0.25, -0.2) is 28.6 Å². The van der Waals surface area contributed by atoms with Crippen LogP contribution in [0.25, 0.3) is 11.2 Å². The molecule has 0 aliphatic carbocycles. The lowest BCUT2D eigenvalue weighted by Gasteiger charge is -2.30. The van der Waals surface area contributed by atoms with E-state index in [1.54, 1.807) is 0 Å². The summed E-state index contributed by atoms with van der Waals surface area (Å²) >= 11 is 0.930. The first-order valence-corrected chi connectivity index (χ1v) is 29.6. The van der Waals surface area contributed by atoms with E-state index >= 15 is 0 Å². The number of carbonyl (C=O) groups excluding carboxylic acids is 4. The topological polar surface area (TPSA) is 381 Å². The Morgan fingerprint density at radius 1 is 0.851 bits per heavy atom. The molecule has 0 bridgehead atoms. The molecule has 416 valence electrons. The van der Waals surface area contributed by atoms with Gasteiger partial charge < -0.3 is 50.9 Å². The highest BCUT2D eigenvalue weighted by atomic mass is 32.2. The quantitative estimate of drug-likeness (QED) is 0.0173. The van der Waals surface area contributed by atoms with Crippen molar-refractivity contribution in [1.82, 2.24) is 30.2 Å². The van der Waals surface area contributed by atoms with Crippen molar-refractivity contribution < 1.29 is 85.3 Å². The van der Waals surface area contributed by atoms with Crippen molar-refractivity contribution in [2.45, 2.75) is 141 Å². The monoisotopic (exact) mass is 1120 g/mol. The molecule has 2 unspecified atom stereocenters. The minimum atomic E-state index is -5.60. The molecule has 0 aromatic carbocycles. The lowest BCUT2D eigenvalue weighted by Crippen LogP contribution is -2.46. The van der Waals surface area contributed by atoms with Crippen LogP contribution >= 0.6 is 35.2 Å². The summed E-state index contributed by atoms with van der Waals surface area (Å²) in [5.74, 6) is -1.43. The molecule has 1 aliphatic heterocycles. The lowest BCUT2D eigenvalue weighted by molar-refractivity contribution is -0.137. The number of ether oxygens (including phenoxy) is 1. The molecule has 3 rings (SSSR count). The average molecular weight is 1120 g/mol. The Labute approximate surface area is 434 Å². The van der Waals surface area contributed by atoms with Gasteiger partial charge in [0.05, 0.1) is 26.0 Å². The number of allylic oxidation sites excluding steroid dienone is 8. The highest BCUT2D eigenvalue weighted by Crippen LogP contribution is 2.61. The Balaban J connectivity index is 1.26. The van der Waals surface area contributed by atoms with Crippen molar-refractivity contribution in [3.05, 3.63) is 61.3 Å². The van der Waals surface area contributed by atoms with Crippen LogP contribution in [-0.4, -0.2) is 128 Å². The van der Waals surface area contributed by atoms with Crippen LogP contribution in [0, 0.1) is 5.41 Å². The first-order chi connectivity index (χ1) is 34.9. The van der Waals surface area contributed by atoms with Crippen molar-refractivity contribution >= 4 is 74.9 Å². The number of hydrogen-bond donors (Lipinski definition) is 9. The molecule has 74 heavy (non-hydrogen) atoms. The molecule has 25 nitrogen and oxygen atoms in total. The van der Waals surface area contributed by atoms with Crippen LogP contribution in [-0.2, 0) is 55.5 Å². The van der Waals surface area contributed by atoms with E-state index in [0.29, 0.717) is 6.42 Å². The van der Waals surface area contributed by atoms with Gasteiger partial charge in [-0.3, -0.25) is 37.3 Å². The minimum Gasteiger partial charge on any atom is -0.386 e. The highest BCUT2D eigenvalue weighted by Gasteiger charge is 2.50. The number of amides is 2. The number of fused-ring (bicyclic) bond motifs is 1. The molecule has 10 N–H and O–H groups in total. The maximum absolute atomic E-state index is 12.8. The SMILES string of the molecule is CC/C=C\C/C=C\C/C=C\C/C=C\CCCCCCCCC(=O)CC(=O)SCCNC(=O)CCNC(=O)[C@H](O)C(C)(C)COP(=O)(O)OP(=O)(O)OC[C@H]1O[C@@H](n2cnc3c(N)ncnc32)[C@H](O)[C@@H]1OP(=O)(O)O. The van der Waals surface area contributed by atoms with Gasteiger partial charge in [-0.2, -0.15) is 4.31 Å². The zero-order chi connectivity index (χ0) is 54.8. The number of hydrogen-bond acceptors (Lipinski definition) is 19. The Morgan fingerprint density at radius 2 is 1.47 bits per heavy atom. The fourth-order valence-electron chi connectivity index (χ4n) is 6.98. The van der Waals surface area contributed by atoms with Gasteiger partial charge in [0.2, 0.25) is 11.8 Å². The van der Waals surface area contributed by atoms with Crippen LogP contribution in [0.15, 0.2) is 61.3 Å². The number of phosphoric ester groups is 3. The number of unbranched alkanes of at least 4 members (excludes halogenated alkanes) is 6. The molecule has 2 aromatic heterocycles. The molecule has 3 heterocycles.